The lowest BCUT2D eigenvalue weighted by Gasteiger charge is -2.12. The second-order valence-corrected chi connectivity index (χ2v) is 6.12. The minimum absolute atomic E-state index is 0.0444. The molecule has 2 rings (SSSR count). The maximum absolute atomic E-state index is 13.2. The van der Waals surface area contributed by atoms with Gasteiger partial charge in [0.15, 0.2) is 5.96 Å². The lowest BCUT2D eigenvalue weighted by Crippen LogP contribution is -2.37. The average Bonchev–Trinajstić information content (AvgIpc) is 2.61. The van der Waals surface area contributed by atoms with Crippen LogP contribution in [0.3, 0.4) is 0 Å². The van der Waals surface area contributed by atoms with Crippen molar-refractivity contribution in [1.29, 1.82) is 0 Å². The Kier molecular flexibility index (Phi) is 7.86. The van der Waals surface area contributed by atoms with Gasteiger partial charge in [0.1, 0.15) is 5.82 Å². The van der Waals surface area contributed by atoms with Crippen LogP contribution in [0, 0.1) is 12.7 Å². The van der Waals surface area contributed by atoms with Crippen LogP contribution in [-0.4, -0.2) is 23.6 Å². The molecule has 0 atom stereocenters. The molecule has 140 valence electrons. The molecule has 26 heavy (non-hydrogen) atoms. The topological polar surface area (TPSA) is 58.4 Å². The minimum Gasteiger partial charge on any atom is -0.357 e. The Morgan fingerprint density at radius 2 is 1.96 bits per heavy atom. The maximum Gasteiger partial charge on any atom is 0.250 e. The highest BCUT2D eigenvalue weighted by Crippen LogP contribution is 2.04. The van der Waals surface area contributed by atoms with Gasteiger partial charge in [0.2, 0.25) is 0 Å². The standard InChI is InChI=1S/C20H27FN4O/c1-3-22-20(24-15-17-9-7-10-18(21)14-17)23-12-4-5-13-25-16(2)8-6-11-19(25)26/h6-11,14H,3-5,12-13,15H2,1-2H3,(H2,22,23,24). The second kappa shape index (κ2) is 10.4. The van der Waals surface area contributed by atoms with Gasteiger partial charge < -0.3 is 15.2 Å². The van der Waals surface area contributed by atoms with Gasteiger partial charge in [-0.25, -0.2) is 9.38 Å². The maximum atomic E-state index is 13.2. The lowest BCUT2D eigenvalue weighted by molar-refractivity contribution is 0.575. The van der Waals surface area contributed by atoms with Crippen molar-refractivity contribution in [3.8, 4) is 0 Å². The van der Waals surface area contributed by atoms with Gasteiger partial charge in [-0.1, -0.05) is 18.2 Å². The van der Waals surface area contributed by atoms with E-state index < -0.39 is 0 Å². The van der Waals surface area contributed by atoms with E-state index in [1.807, 2.05) is 26.0 Å². The van der Waals surface area contributed by atoms with E-state index in [1.165, 1.54) is 12.1 Å². The fourth-order valence-corrected chi connectivity index (χ4v) is 2.66. The fraction of sp³-hybridized carbons (Fsp3) is 0.400. The molecule has 2 aromatic rings. The molecule has 0 unspecified atom stereocenters. The van der Waals surface area contributed by atoms with Crippen molar-refractivity contribution >= 4 is 5.96 Å². The van der Waals surface area contributed by atoms with Gasteiger partial charge >= 0.3 is 0 Å². The van der Waals surface area contributed by atoms with E-state index in [-0.39, 0.29) is 11.4 Å². The number of guanidine groups is 1. The first kappa shape index (κ1) is 19.7. The van der Waals surface area contributed by atoms with Crippen molar-refractivity contribution in [2.75, 3.05) is 13.1 Å². The summed E-state index contributed by atoms with van der Waals surface area (Å²) >= 11 is 0. The van der Waals surface area contributed by atoms with Gasteiger partial charge in [-0.15, -0.1) is 0 Å². The molecule has 0 amide bonds. The molecule has 0 bridgehead atoms. The zero-order chi connectivity index (χ0) is 18.8. The SMILES string of the molecule is CCNC(=NCc1cccc(F)c1)NCCCCn1c(C)cccc1=O. The first-order valence-electron chi connectivity index (χ1n) is 9.03. The molecule has 1 aromatic carbocycles. The van der Waals surface area contributed by atoms with Crippen LogP contribution in [0.2, 0.25) is 0 Å². The number of benzene rings is 1. The van der Waals surface area contributed by atoms with E-state index in [9.17, 15) is 9.18 Å². The Bertz CT molecular complexity index is 785. The molecule has 0 saturated carbocycles. The van der Waals surface area contributed by atoms with Gasteiger partial charge in [0.05, 0.1) is 6.54 Å². The van der Waals surface area contributed by atoms with Crippen LogP contribution in [0.5, 0.6) is 0 Å². The third-order valence-corrected chi connectivity index (χ3v) is 4.02. The number of rotatable bonds is 8. The number of aryl methyl sites for hydroxylation is 1. The number of aromatic nitrogens is 1. The molecular weight excluding hydrogens is 331 g/mol. The third-order valence-electron chi connectivity index (χ3n) is 4.02. The van der Waals surface area contributed by atoms with Crippen molar-refractivity contribution in [2.45, 2.75) is 39.8 Å². The predicted molar refractivity (Wildman–Crippen MR) is 104 cm³/mol. The van der Waals surface area contributed by atoms with Crippen LogP contribution in [0.25, 0.3) is 0 Å². The summed E-state index contributed by atoms with van der Waals surface area (Å²) in [6, 6.07) is 11.8. The number of unbranched alkanes of at least 4 members (excludes halogenated alkanes) is 1. The Balaban J connectivity index is 1.79. The highest BCUT2D eigenvalue weighted by atomic mass is 19.1. The Morgan fingerprint density at radius 1 is 1.15 bits per heavy atom. The van der Waals surface area contributed by atoms with Gasteiger partial charge in [0, 0.05) is 31.4 Å². The number of halogens is 1. The predicted octanol–water partition coefficient (Wildman–Crippen LogP) is 2.83. The molecule has 0 aliphatic carbocycles. The van der Waals surface area contributed by atoms with Crippen LogP contribution in [0.1, 0.15) is 31.0 Å². The Hall–Kier alpha value is -2.63. The molecule has 0 radical (unpaired) electrons. The van der Waals surface area contributed by atoms with Crippen LogP contribution in [0.4, 0.5) is 4.39 Å². The number of hydrogen-bond acceptors (Lipinski definition) is 2. The largest absolute Gasteiger partial charge is 0.357 e. The Morgan fingerprint density at radius 3 is 2.69 bits per heavy atom. The van der Waals surface area contributed by atoms with Crippen molar-refractivity contribution in [1.82, 2.24) is 15.2 Å². The van der Waals surface area contributed by atoms with Crippen molar-refractivity contribution in [2.24, 2.45) is 4.99 Å². The molecule has 1 aromatic heterocycles. The van der Waals surface area contributed by atoms with E-state index in [1.54, 1.807) is 22.8 Å². The average molecular weight is 358 g/mol. The smallest absolute Gasteiger partial charge is 0.250 e. The number of nitrogens with zero attached hydrogens (tertiary/aromatic N) is 2. The zero-order valence-corrected chi connectivity index (χ0v) is 15.5. The molecule has 5 nitrogen and oxygen atoms in total. The number of pyridine rings is 1. The van der Waals surface area contributed by atoms with Crippen molar-refractivity contribution < 1.29 is 4.39 Å². The number of hydrogen-bond donors (Lipinski definition) is 2. The molecule has 1 heterocycles. The van der Waals surface area contributed by atoms with Crippen molar-refractivity contribution in [3.05, 3.63) is 69.9 Å². The highest BCUT2D eigenvalue weighted by molar-refractivity contribution is 5.79. The zero-order valence-electron chi connectivity index (χ0n) is 15.5. The van der Waals surface area contributed by atoms with Gasteiger partial charge in [-0.3, -0.25) is 4.79 Å². The first-order chi connectivity index (χ1) is 12.6. The van der Waals surface area contributed by atoms with E-state index in [0.717, 1.165) is 37.2 Å². The van der Waals surface area contributed by atoms with Gasteiger partial charge in [-0.05, 0) is 50.5 Å². The van der Waals surface area contributed by atoms with Crippen LogP contribution >= 0.6 is 0 Å². The van der Waals surface area contributed by atoms with E-state index in [4.69, 9.17) is 0 Å². The molecule has 0 aliphatic rings. The summed E-state index contributed by atoms with van der Waals surface area (Å²) in [6.45, 7) is 6.60. The number of nitrogens with one attached hydrogen (secondary N) is 2. The second-order valence-electron chi connectivity index (χ2n) is 6.12. The molecular formula is C20H27FN4O. The monoisotopic (exact) mass is 358 g/mol. The normalized spacial score (nSPS) is 11.4. The summed E-state index contributed by atoms with van der Waals surface area (Å²) in [5, 5.41) is 6.46. The van der Waals surface area contributed by atoms with Gasteiger partial charge in [0.25, 0.3) is 5.56 Å². The van der Waals surface area contributed by atoms with E-state index in [2.05, 4.69) is 15.6 Å². The summed E-state index contributed by atoms with van der Waals surface area (Å²) in [7, 11) is 0. The molecule has 0 spiro atoms. The summed E-state index contributed by atoms with van der Waals surface area (Å²) in [4.78, 5) is 16.3. The van der Waals surface area contributed by atoms with E-state index in [0.29, 0.717) is 19.0 Å². The molecule has 6 heteroatoms. The molecule has 0 saturated heterocycles. The number of aliphatic imine (C=N–C) groups is 1. The summed E-state index contributed by atoms with van der Waals surface area (Å²) in [6.07, 6.45) is 1.83. The van der Waals surface area contributed by atoms with Crippen molar-refractivity contribution in [3.63, 3.8) is 0 Å². The minimum atomic E-state index is -0.248. The molecule has 0 fully saturated rings. The molecule has 0 aliphatic heterocycles. The van der Waals surface area contributed by atoms with Crippen LogP contribution in [-0.2, 0) is 13.1 Å². The fourth-order valence-electron chi connectivity index (χ4n) is 2.66. The van der Waals surface area contributed by atoms with Gasteiger partial charge in [-0.2, -0.15) is 0 Å². The van der Waals surface area contributed by atoms with Crippen LogP contribution in [0.15, 0.2) is 52.3 Å². The highest BCUT2D eigenvalue weighted by Gasteiger charge is 2.01. The summed E-state index contributed by atoms with van der Waals surface area (Å²) in [5.74, 6) is 0.465. The van der Waals surface area contributed by atoms with Crippen LogP contribution < -0.4 is 16.2 Å². The first-order valence-corrected chi connectivity index (χ1v) is 9.03. The van der Waals surface area contributed by atoms with E-state index >= 15 is 0 Å². The lowest BCUT2D eigenvalue weighted by atomic mass is 10.2. The Labute approximate surface area is 154 Å². The summed E-state index contributed by atoms with van der Waals surface area (Å²) < 4.78 is 15.0. The molecule has 2 N–H and O–H groups in total. The third kappa shape index (κ3) is 6.35. The summed E-state index contributed by atoms with van der Waals surface area (Å²) in [5.41, 5.74) is 1.86. The quantitative estimate of drug-likeness (QED) is 0.433.